The summed E-state index contributed by atoms with van der Waals surface area (Å²) in [5.74, 6) is -2.59. The Labute approximate surface area is 263 Å². The van der Waals surface area contributed by atoms with Gasteiger partial charge in [0.2, 0.25) is 5.43 Å². The van der Waals surface area contributed by atoms with Crippen LogP contribution in [-0.2, 0) is 14.2 Å². The molecular weight excluding hydrogens is 632 g/mol. The van der Waals surface area contributed by atoms with Crippen molar-refractivity contribution in [1.29, 1.82) is 0 Å². The highest BCUT2D eigenvalue weighted by molar-refractivity contribution is 5.93. The summed E-state index contributed by atoms with van der Waals surface area (Å²) >= 11 is 0. The van der Waals surface area contributed by atoms with Gasteiger partial charge in [0.15, 0.2) is 5.58 Å². The number of fused-ring (bicyclic) bond motifs is 1. The number of hydrogen-bond donors (Lipinski definition) is 12. The van der Waals surface area contributed by atoms with Gasteiger partial charge in [0.05, 0.1) is 36.5 Å². The van der Waals surface area contributed by atoms with Gasteiger partial charge in [-0.3, -0.25) is 4.79 Å². The topological polar surface area (TPSA) is 301 Å². The van der Waals surface area contributed by atoms with Crippen LogP contribution < -0.4 is 5.43 Å². The maximum atomic E-state index is 14.5. The van der Waals surface area contributed by atoms with E-state index in [9.17, 15) is 66.1 Å². The van der Waals surface area contributed by atoms with Gasteiger partial charge >= 0.3 is 0 Å². The minimum atomic E-state index is -1.99. The number of hydrogen-bond acceptors (Lipinski definition) is 17. The predicted octanol–water partition coefficient (Wildman–Crippen LogP) is -2.96. The summed E-state index contributed by atoms with van der Waals surface area (Å²) in [6, 6.07) is 5.07. The summed E-state index contributed by atoms with van der Waals surface area (Å²) < 4.78 is 22.8. The van der Waals surface area contributed by atoms with E-state index in [0.717, 1.165) is 0 Å². The summed E-state index contributed by atoms with van der Waals surface area (Å²) in [4.78, 5) is 14.5. The molecule has 0 spiro atoms. The molecule has 256 valence electrons. The van der Waals surface area contributed by atoms with E-state index in [-0.39, 0.29) is 17.1 Å². The highest BCUT2D eigenvalue weighted by atomic mass is 16.5. The molecule has 3 aromatic rings. The molecule has 12 atom stereocenters. The first-order chi connectivity index (χ1) is 22.2. The Morgan fingerprint density at radius 1 is 0.532 bits per heavy atom. The van der Waals surface area contributed by atoms with Crippen molar-refractivity contribution in [2.24, 2.45) is 0 Å². The van der Waals surface area contributed by atoms with Gasteiger partial charge in [-0.05, 0) is 24.3 Å². The number of benzene rings is 2. The van der Waals surface area contributed by atoms with Crippen LogP contribution in [-0.4, -0.2) is 136 Å². The van der Waals surface area contributed by atoms with E-state index >= 15 is 0 Å². The van der Waals surface area contributed by atoms with Crippen LogP contribution in [0, 0.1) is 0 Å². The molecule has 0 aliphatic carbocycles. The van der Waals surface area contributed by atoms with Crippen molar-refractivity contribution < 1.29 is 79.9 Å². The summed E-state index contributed by atoms with van der Waals surface area (Å²) in [5, 5.41) is 127. The van der Waals surface area contributed by atoms with E-state index in [1.54, 1.807) is 0 Å². The normalized spacial score (nSPS) is 36.4. The molecule has 1 aromatic heterocycles. The van der Waals surface area contributed by atoms with Crippen LogP contribution in [0.5, 0.6) is 17.2 Å². The molecule has 3 aliphatic heterocycles. The van der Waals surface area contributed by atoms with Crippen LogP contribution >= 0.6 is 0 Å². The van der Waals surface area contributed by atoms with Gasteiger partial charge in [0.25, 0.3) is 0 Å². The molecule has 3 saturated heterocycles. The summed E-state index contributed by atoms with van der Waals surface area (Å²) in [6.07, 6.45) is -21.3. The maximum absolute atomic E-state index is 14.5. The van der Waals surface area contributed by atoms with Crippen molar-refractivity contribution in [3.8, 4) is 28.6 Å². The number of aliphatic hydroxyl groups is 9. The lowest BCUT2D eigenvalue weighted by Crippen LogP contribution is -2.50. The van der Waals surface area contributed by atoms with Gasteiger partial charge in [-0.25, -0.2) is 0 Å². The molecule has 3 fully saturated rings. The van der Waals surface area contributed by atoms with Crippen molar-refractivity contribution >= 4 is 11.0 Å². The minimum absolute atomic E-state index is 0.0749. The average Bonchev–Trinajstić information content (AvgIpc) is 3.04. The standard InChI is InChI=1S/C30H34O17/c31-9-3-1-8(2-4-9)26-15(29-24(42)18(36)11(33)6-45-29)21(39)13-20(38)14(28-23(41)17(35)10(32)5-44-28)22(40)16(27(13)47-26)30-25(43)19(37)12(34)7-46-30/h1-4,10-12,17-19,23-25,28-38,40-43H,5-7H2/t10-,11-,12-,17+,18?,19+,23?,24?,25?,28+,29+,30+/m1/s1. The third-order valence-corrected chi connectivity index (χ3v) is 8.88. The van der Waals surface area contributed by atoms with Crippen molar-refractivity contribution in [2.75, 3.05) is 19.8 Å². The number of aliphatic hydroxyl groups excluding tert-OH is 9. The molecule has 0 bridgehead atoms. The van der Waals surface area contributed by atoms with Gasteiger partial charge in [-0.2, -0.15) is 0 Å². The van der Waals surface area contributed by atoms with E-state index in [1.807, 2.05) is 0 Å². The number of ether oxygens (including phenoxy) is 3. The summed E-state index contributed by atoms with van der Waals surface area (Å²) in [5.41, 5.74) is -3.47. The molecule has 17 nitrogen and oxygen atoms in total. The van der Waals surface area contributed by atoms with Gasteiger partial charge < -0.3 is 79.9 Å². The minimum Gasteiger partial charge on any atom is -0.508 e. The van der Waals surface area contributed by atoms with Crippen molar-refractivity contribution in [3.05, 3.63) is 51.2 Å². The average molecular weight is 667 g/mol. The highest BCUT2D eigenvalue weighted by Gasteiger charge is 2.47. The Morgan fingerprint density at radius 2 is 0.957 bits per heavy atom. The molecule has 0 radical (unpaired) electrons. The van der Waals surface area contributed by atoms with Crippen LogP contribution in [0.25, 0.3) is 22.3 Å². The highest BCUT2D eigenvalue weighted by Crippen LogP contribution is 2.51. The van der Waals surface area contributed by atoms with Crippen molar-refractivity contribution in [2.45, 2.75) is 73.2 Å². The van der Waals surface area contributed by atoms with Gasteiger partial charge in [-0.1, -0.05) is 0 Å². The third-order valence-electron chi connectivity index (χ3n) is 8.88. The molecule has 0 amide bonds. The van der Waals surface area contributed by atoms with E-state index in [2.05, 4.69) is 0 Å². The molecular formula is C30H34O17. The second-order valence-corrected chi connectivity index (χ2v) is 11.9. The first kappa shape index (κ1) is 33.5. The van der Waals surface area contributed by atoms with E-state index in [0.29, 0.717) is 0 Å². The lowest BCUT2D eigenvalue weighted by Gasteiger charge is -2.38. The van der Waals surface area contributed by atoms with Gasteiger partial charge in [-0.15, -0.1) is 0 Å². The monoisotopic (exact) mass is 666 g/mol. The van der Waals surface area contributed by atoms with Crippen LogP contribution in [0.3, 0.4) is 0 Å². The largest absolute Gasteiger partial charge is 0.508 e. The second kappa shape index (κ2) is 12.5. The lowest BCUT2D eigenvalue weighted by atomic mass is 9.85. The second-order valence-electron chi connectivity index (χ2n) is 11.9. The first-order valence-electron chi connectivity index (χ1n) is 14.6. The number of rotatable bonds is 4. The molecule has 47 heavy (non-hydrogen) atoms. The molecule has 12 N–H and O–H groups in total. The molecule has 4 heterocycles. The fourth-order valence-corrected chi connectivity index (χ4v) is 6.25. The van der Waals surface area contributed by atoms with Crippen LogP contribution in [0.1, 0.15) is 35.0 Å². The lowest BCUT2D eigenvalue weighted by molar-refractivity contribution is -0.191. The quantitative estimate of drug-likeness (QED) is 0.132. The zero-order valence-corrected chi connectivity index (χ0v) is 24.3. The van der Waals surface area contributed by atoms with Gasteiger partial charge in [0.1, 0.15) is 102 Å². The Kier molecular flexibility index (Phi) is 8.94. The third kappa shape index (κ3) is 5.43. The zero-order valence-electron chi connectivity index (χ0n) is 24.3. The molecule has 2 aromatic carbocycles. The van der Waals surface area contributed by atoms with E-state index < -0.39 is 138 Å². The molecule has 3 aliphatic rings. The summed E-state index contributed by atoms with van der Waals surface area (Å²) in [6.45, 7) is -1.72. The van der Waals surface area contributed by atoms with Crippen LogP contribution in [0.4, 0.5) is 0 Å². The molecule has 0 saturated carbocycles. The Morgan fingerprint density at radius 3 is 1.43 bits per heavy atom. The van der Waals surface area contributed by atoms with Crippen LogP contribution in [0.15, 0.2) is 33.5 Å². The Balaban J connectivity index is 1.71. The van der Waals surface area contributed by atoms with E-state index in [1.165, 1.54) is 24.3 Å². The van der Waals surface area contributed by atoms with Crippen molar-refractivity contribution in [1.82, 2.24) is 0 Å². The predicted molar refractivity (Wildman–Crippen MR) is 153 cm³/mol. The molecule has 6 rings (SSSR count). The Hall–Kier alpha value is -3.43. The maximum Gasteiger partial charge on any atom is 0.203 e. The molecule has 4 unspecified atom stereocenters. The van der Waals surface area contributed by atoms with E-state index in [4.69, 9.17) is 18.6 Å². The fraction of sp³-hybridized carbons (Fsp3) is 0.500. The molecule has 17 heteroatoms. The smallest absolute Gasteiger partial charge is 0.203 e. The van der Waals surface area contributed by atoms with Gasteiger partial charge in [0, 0.05) is 5.56 Å². The van der Waals surface area contributed by atoms with Crippen molar-refractivity contribution in [3.63, 3.8) is 0 Å². The SMILES string of the molecule is O=c1c([C@@H]2OC[C@@H](O)C(O)C2O)c(-c2ccc(O)cc2)oc2c([C@@H]3OC[C@@H](O)[C@H](O)C3O)c(O)c([C@@H]3OC[C@@H](O)[C@H](O)C3O)c(O)c12. The fourth-order valence-electron chi connectivity index (χ4n) is 6.25. The number of phenols is 3. The Bertz CT molecular complexity index is 1690. The summed E-state index contributed by atoms with van der Waals surface area (Å²) in [7, 11) is 0. The zero-order chi connectivity index (χ0) is 34.1. The number of phenolic OH excluding ortho intramolecular Hbond substituents is 3. The van der Waals surface area contributed by atoms with Crippen LogP contribution in [0.2, 0.25) is 0 Å². The first-order valence-corrected chi connectivity index (χ1v) is 14.6. The number of aromatic hydroxyl groups is 3.